The second-order valence-electron chi connectivity index (χ2n) is 5.74. The lowest BCUT2D eigenvalue weighted by Gasteiger charge is -2.25. The minimum Gasteiger partial charge on any atom is -0.329 e. The van der Waals surface area contributed by atoms with E-state index in [1.807, 2.05) is 0 Å². The normalized spacial score (nSPS) is 29.2. The lowest BCUT2D eigenvalue weighted by atomic mass is 9.97. The molecule has 1 aliphatic heterocycles. The first-order chi connectivity index (χ1) is 8.81. The minimum atomic E-state index is 0.273. The van der Waals surface area contributed by atoms with Crippen LogP contribution >= 0.6 is 11.8 Å². The van der Waals surface area contributed by atoms with Gasteiger partial charge in [0.1, 0.15) is 0 Å². The molecule has 100 valence electrons. The van der Waals surface area contributed by atoms with Crippen LogP contribution in [0.1, 0.15) is 50.3 Å². The van der Waals surface area contributed by atoms with Gasteiger partial charge < -0.3 is 5.73 Å². The summed E-state index contributed by atoms with van der Waals surface area (Å²) in [5.74, 6) is 1.26. The molecule has 1 aliphatic carbocycles. The highest BCUT2D eigenvalue weighted by molar-refractivity contribution is 8.00. The molecule has 2 fully saturated rings. The second-order valence-corrected chi connectivity index (χ2v) is 7.30. The quantitative estimate of drug-likeness (QED) is 0.910. The lowest BCUT2D eigenvalue weighted by molar-refractivity contribution is 0.458. The summed E-state index contributed by atoms with van der Waals surface area (Å²) in [7, 11) is 0. The van der Waals surface area contributed by atoms with E-state index in [0.29, 0.717) is 6.04 Å². The number of nitrogens with zero attached hydrogens (tertiary/aromatic N) is 2. The molecule has 4 heteroatoms. The number of hydrogen-bond donors (Lipinski definition) is 1. The largest absolute Gasteiger partial charge is 0.329 e. The zero-order valence-electron chi connectivity index (χ0n) is 11.0. The molecule has 1 atom stereocenters. The Morgan fingerprint density at radius 1 is 1.39 bits per heavy atom. The van der Waals surface area contributed by atoms with Crippen molar-refractivity contribution in [2.75, 3.05) is 12.3 Å². The summed E-state index contributed by atoms with van der Waals surface area (Å²) in [5, 5.41) is 4.80. The van der Waals surface area contributed by atoms with Gasteiger partial charge in [-0.25, -0.2) is 0 Å². The summed E-state index contributed by atoms with van der Waals surface area (Å²) in [4.78, 5) is 0. The maximum Gasteiger partial charge on any atom is 0.0639 e. The van der Waals surface area contributed by atoms with E-state index in [9.17, 15) is 0 Å². The molecular formula is C14H23N3S. The van der Waals surface area contributed by atoms with Crippen LogP contribution in [0.5, 0.6) is 0 Å². The Bertz CT molecular complexity index is 389. The van der Waals surface area contributed by atoms with Crippen LogP contribution < -0.4 is 5.73 Å². The third-order valence-electron chi connectivity index (χ3n) is 4.42. The van der Waals surface area contributed by atoms with E-state index in [2.05, 4.69) is 28.7 Å². The van der Waals surface area contributed by atoms with Gasteiger partial charge in [0, 0.05) is 23.9 Å². The Hall–Kier alpha value is -0.480. The van der Waals surface area contributed by atoms with Gasteiger partial charge in [0.2, 0.25) is 0 Å². The predicted octanol–water partition coefficient (Wildman–Crippen LogP) is 2.77. The fourth-order valence-electron chi connectivity index (χ4n) is 3.30. The summed E-state index contributed by atoms with van der Waals surface area (Å²) >= 11 is 2.05. The molecule has 0 radical (unpaired) electrons. The maximum absolute atomic E-state index is 5.99. The second kappa shape index (κ2) is 5.25. The molecular weight excluding hydrogens is 242 g/mol. The SMILES string of the molecule is NCC1(Cc2ccn(C3CCCC3)n2)CCCS1. The standard InChI is InChI=1S/C14H23N3S/c15-11-14(7-3-9-18-14)10-12-6-8-17(16-12)13-4-1-2-5-13/h6,8,13H,1-5,7,9-11,15H2. The number of hydrogen-bond acceptors (Lipinski definition) is 3. The summed E-state index contributed by atoms with van der Waals surface area (Å²) in [5.41, 5.74) is 7.23. The Morgan fingerprint density at radius 2 is 2.22 bits per heavy atom. The highest BCUT2D eigenvalue weighted by Crippen LogP contribution is 2.40. The molecule has 2 N–H and O–H groups in total. The topological polar surface area (TPSA) is 43.8 Å². The third kappa shape index (κ3) is 2.45. The third-order valence-corrected chi connectivity index (χ3v) is 6.04. The Balaban J connectivity index is 1.69. The van der Waals surface area contributed by atoms with Gasteiger partial charge in [-0.1, -0.05) is 12.8 Å². The number of nitrogens with two attached hydrogens (primary N) is 1. The van der Waals surface area contributed by atoms with Crippen molar-refractivity contribution in [1.29, 1.82) is 0 Å². The molecule has 1 unspecified atom stereocenters. The molecule has 1 aromatic heterocycles. The minimum absolute atomic E-state index is 0.273. The molecule has 18 heavy (non-hydrogen) atoms. The molecule has 0 amide bonds. The zero-order chi connectivity index (χ0) is 12.4. The fourth-order valence-corrected chi connectivity index (χ4v) is 4.68. The number of aromatic nitrogens is 2. The van der Waals surface area contributed by atoms with Crippen molar-refractivity contribution >= 4 is 11.8 Å². The van der Waals surface area contributed by atoms with Gasteiger partial charge in [0.15, 0.2) is 0 Å². The zero-order valence-corrected chi connectivity index (χ0v) is 11.8. The van der Waals surface area contributed by atoms with Crippen molar-refractivity contribution in [2.24, 2.45) is 5.73 Å². The van der Waals surface area contributed by atoms with Crippen molar-refractivity contribution in [1.82, 2.24) is 9.78 Å². The van der Waals surface area contributed by atoms with Crippen molar-refractivity contribution in [3.8, 4) is 0 Å². The van der Waals surface area contributed by atoms with Crippen LogP contribution in [0.2, 0.25) is 0 Å². The molecule has 3 nitrogen and oxygen atoms in total. The molecule has 3 rings (SSSR count). The van der Waals surface area contributed by atoms with E-state index >= 15 is 0 Å². The first-order valence-electron chi connectivity index (χ1n) is 7.19. The monoisotopic (exact) mass is 265 g/mol. The first kappa shape index (κ1) is 12.5. The highest BCUT2D eigenvalue weighted by Gasteiger charge is 2.34. The van der Waals surface area contributed by atoms with Crippen LogP contribution in [0.4, 0.5) is 0 Å². The van der Waals surface area contributed by atoms with Gasteiger partial charge in [-0.15, -0.1) is 0 Å². The Labute approximate surface area is 114 Å². The maximum atomic E-state index is 5.99. The van der Waals surface area contributed by atoms with E-state index in [1.165, 1.54) is 50.0 Å². The van der Waals surface area contributed by atoms with E-state index < -0.39 is 0 Å². The van der Waals surface area contributed by atoms with E-state index in [-0.39, 0.29) is 4.75 Å². The van der Waals surface area contributed by atoms with Crippen LogP contribution in [0.3, 0.4) is 0 Å². The molecule has 0 spiro atoms. The summed E-state index contributed by atoms with van der Waals surface area (Å²) < 4.78 is 2.47. The summed E-state index contributed by atoms with van der Waals surface area (Å²) in [6.45, 7) is 0.786. The van der Waals surface area contributed by atoms with Crippen LogP contribution in [-0.2, 0) is 6.42 Å². The smallest absolute Gasteiger partial charge is 0.0639 e. The fraction of sp³-hybridized carbons (Fsp3) is 0.786. The Kier molecular flexibility index (Phi) is 3.66. The predicted molar refractivity (Wildman–Crippen MR) is 76.9 cm³/mol. The van der Waals surface area contributed by atoms with Crippen LogP contribution in [0.25, 0.3) is 0 Å². The summed E-state index contributed by atoms with van der Waals surface area (Å²) in [6.07, 6.45) is 11.1. The lowest BCUT2D eigenvalue weighted by Crippen LogP contribution is -2.34. The first-order valence-corrected chi connectivity index (χ1v) is 8.18. The molecule has 1 saturated heterocycles. The van der Waals surface area contributed by atoms with Gasteiger partial charge in [-0.05, 0) is 37.5 Å². The van der Waals surface area contributed by atoms with E-state index in [0.717, 1.165) is 13.0 Å². The molecule has 0 bridgehead atoms. The average molecular weight is 265 g/mol. The highest BCUT2D eigenvalue weighted by atomic mass is 32.2. The van der Waals surface area contributed by atoms with Crippen LogP contribution in [0.15, 0.2) is 12.3 Å². The van der Waals surface area contributed by atoms with Crippen molar-refractivity contribution in [2.45, 2.75) is 55.7 Å². The van der Waals surface area contributed by atoms with Gasteiger partial charge in [0.25, 0.3) is 0 Å². The Morgan fingerprint density at radius 3 is 2.89 bits per heavy atom. The van der Waals surface area contributed by atoms with Gasteiger partial charge in [-0.3, -0.25) is 4.68 Å². The van der Waals surface area contributed by atoms with Gasteiger partial charge in [-0.2, -0.15) is 16.9 Å². The number of thioether (sulfide) groups is 1. The molecule has 1 saturated carbocycles. The van der Waals surface area contributed by atoms with Crippen molar-refractivity contribution < 1.29 is 0 Å². The van der Waals surface area contributed by atoms with Crippen LogP contribution in [0, 0.1) is 0 Å². The average Bonchev–Trinajstić information content (AvgIpc) is 3.10. The summed E-state index contributed by atoms with van der Waals surface area (Å²) in [6, 6.07) is 2.86. The molecule has 0 aromatic carbocycles. The molecule has 1 aromatic rings. The number of rotatable bonds is 4. The van der Waals surface area contributed by atoms with E-state index in [1.54, 1.807) is 0 Å². The van der Waals surface area contributed by atoms with Gasteiger partial charge in [0.05, 0.1) is 11.7 Å². The van der Waals surface area contributed by atoms with Crippen molar-refractivity contribution in [3.63, 3.8) is 0 Å². The van der Waals surface area contributed by atoms with Gasteiger partial charge >= 0.3 is 0 Å². The molecule has 2 heterocycles. The van der Waals surface area contributed by atoms with E-state index in [4.69, 9.17) is 10.8 Å². The molecule has 2 aliphatic rings. The van der Waals surface area contributed by atoms with Crippen LogP contribution in [-0.4, -0.2) is 26.8 Å². The van der Waals surface area contributed by atoms with Crippen molar-refractivity contribution in [3.05, 3.63) is 18.0 Å².